The first-order valence-electron chi connectivity index (χ1n) is 6.42. The van der Waals surface area contributed by atoms with E-state index in [4.69, 9.17) is 0 Å². The summed E-state index contributed by atoms with van der Waals surface area (Å²) in [5, 5.41) is 23.3. The summed E-state index contributed by atoms with van der Waals surface area (Å²) in [6, 6.07) is 4.02. The lowest BCUT2D eigenvalue weighted by molar-refractivity contribution is -0.386. The molecule has 0 heterocycles. The van der Waals surface area contributed by atoms with E-state index in [9.17, 15) is 19.6 Å². The molecule has 1 aliphatic rings. The average molecular weight is 268 g/mol. The lowest BCUT2D eigenvalue weighted by Gasteiger charge is -2.26. The zero-order valence-electron chi connectivity index (χ0n) is 10.5. The second-order valence-corrected chi connectivity index (χ2v) is 4.96. The van der Waals surface area contributed by atoms with E-state index in [1.165, 1.54) is 12.1 Å². The number of rotatable bonds is 4. The summed E-state index contributed by atoms with van der Waals surface area (Å²) >= 11 is 0. The number of halogens is 1. The molecule has 0 aliphatic heterocycles. The molecule has 0 bridgehead atoms. The SMILES string of the molecule is O=[N+]([O-])c1c(F)cccc1NCC1CCCC(O)C1. The first-order chi connectivity index (χ1) is 9.08. The van der Waals surface area contributed by atoms with Crippen LogP contribution in [-0.4, -0.2) is 22.7 Å². The Morgan fingerprint density at radius 1 is 1.47 bits per heavy atom. The normalized spacial score (nSPS) is 23.1. The van der Waals surface area contributed by atoms with Crippen molar-refractivity contribution in [2.45, 2.75) is 31.8 Å². The molecule has 1 saturated carbocycles. The third-order valence-electron chi connectivity index (χ3n) is 3.51. The molecule has 2 rings (SSSR count). The van der Waals surface area contributed by atoms with Crippen molar-refractivity contribution in [3.8, 4) is 0 Å². The topological polar surface area (TPSA) is 75.4 Å². The summed E-state index contributed by atoms with van der Waals surface area (Å²) in [6.45, 7) is 0.515. The zero-order valence-corrected chi connectivity index (χ0v) is 10.5. The monoisotopic (exact) mass is 268 g/mol. The summed E-state index contributed by atoms with van der Waals surface area (Å²) in [5.41, 5.74) is -0.316. The predicted octanol–water partition coefficient (Wildman–Crippen LogP) is 2.70. The first-order valence-corrected chi connectivity index (χ1v) is 6.42. The summed E-state index contributed by atoms with van der Waals surface area (Å²) < 4.78 is 13.4. The van der Waals surface area contributed by atoms with Crippen LogP contribution in [0.2, 0.25) is 0 Å². The number of nitro benzene ring substituents is 1. The van der Waals surface area contributed by atoms with Crippen molar-refractivity contribution >= 4 is 11.4 Å². The molecule has 0 amide bonds. The van der Waals surface area contributed by atoms with Gasteiger partial charge in [-0.3, -0.25) is 10.1 Å². The van der Waals surface area contributed by atoms with Crippen molar-refractivity contribution in [2.75, 3.05) is 11.9 Å². The summed E-state index contributed by atoms with van der Waals surface area (Å²) in [4.78, 5) is 10.1. The van der Waals surface area contributed by atoms with Gasteiger partial charge >= 0.3 is 5.69 Å². The Morgan fingerprint density at radius 2 is 2.26 bits per heavy atom. The van der Waals surface area contributed by atoms with Crippen LogP contribution in [0.15, 0.2) is 18.2 Å². The van der Waals surface area contributed by atoms with Crippen LogP contribution in [0.1, 0.15) is 25.7 Å². The van der Waals surface area contributed by atoms with Gasteiger partial charge in [-0.2, -0.15) is 4.39 Å². The quantitative estimate of drug-likeness (QED) is 0.650. The fourth-order valence-electron chi connectivity index (χ4n) is 2.55. The first kappa shape index (κ1) is 13.7. The van der Waals surface area contributed by atoms with E-state index < -0.39 is 16.4 Å². The van der Waals surface area contributed by atoms with Crippen LogP contribution in [-0.2, 0) is 0 Å². The third-order valence-corrected chi connectivity index (χ3v) is 3.51. The average Bonchev–Trinajstić information content (AvgIpc) is 2.36. The molecule has 5 nitrogen and oxygen atoms in total. The minimum Gasteiger partial charge on any atom is -0.393 e. The van der Waals surface area contributed by atoms with Gasteiger partial charge in [0.2, 0.25) is 5.82 Å². The highest BCUT2D eigenvalue weighted by Crippen LogP contribution is 2.29. The molecule has 1 fully saturated rings. The molecule has 19 heavy (non-hydrogen) atoms. The number of para-hydroxylation sites is 1. The smallest absolute Gasteiger partial charge is 0.327 e. The minimum absolute atomic E-state index is 0.199. The maximum absolute atomic E-state index is 13.4. The van der Waals surface area contributed by atoms with Crippen molar-refractivity contribution < 1.29 is 14.4 Å². The van der Waals surface area contributed by atoms with Crippen LogP contribution in [0.4, 0.5) is 15.8 Å². The molecular weight excluding hydrogens is 251 g/mol. The van der Waals surface area contributed by atoms with Gasteiger partial charge in [0.25, 0.3) is 0 Å². The lowest BCUT2D eigenvalue weighted by Crippen LogP contribution is -2.25. The molecule has 0 spiro atoms. The number of aliphatic hydroxyl groups excluding tert-OH is 1. The lowest BCUT2D eigenvalue weighted by atomic mass is 9.87. The maximum atomic E-state index is 13.4. The number of hydrogen-bond donors (Lipinski definition) is 2. The maximum Gasteiger partial charge on any atom is 0.327 e. The van der Waals surface area contributed by atoms with Gasteiger partial charge < -0.3 is 10.4 Å². The molecule has 1 aliphatic carbocycles. The molecule has 1 aromatic rings. The standard InChI is InChI=1S/C13H17FN2O3/c14-11-5-2-6-12(13(11)16(18)19)15-8-9-3-1-4-10(17)7-9/h2,5-6,9-10,15,17H,1,3-4,7-8H2. The largest absolute Gasteiger partial charge is 0.393 e. The number of aliphatic hydroxyl groups is 1. The van der Waals surface area contributed by atoms with Crippen LogP contribution in [0.5, 0.6) is 0 Å². The van der Waals surface area contributed by atoms with E-state index in [-0.39, 0.29) is 17.7 Å². The van der Waals surface area contributed by atoms with Crippen LogP contribution < -0.4 is 5.32 Å². The molecule has 104 valence electrons. The summed E-state index contributed by atoms with van der Waals surface area (Å²) in [5.74, 6) is -0.565. The fraction of sp³-hybridized carbons (Fsp3) is 0.538. The van der Waals surface area contributed by atoms with Crippen LogP contribution >= 0.6 is 0 Å². The van der Waals surface area contributed by atoms with E-state index in [2.05, 4.69) is 5.32 Å². The Bertz CT molecular complexity index is 467. The van der Waals surface area contributed by atoms with Gasteiger partial charge in [0.1, 0.15) is 5.69 Å². The van der Waals surface area contributed by atoms with Crippen molar-refractivity contribution in [1.82, 2.24) is 0 Å². The number of anilines is 1. The Labute approximate surface area is 110 Å². The molecule has 0 saturated heterocycles. The van der Waals surface area contributed by atoms with Gasteiger partial charge in [-0.1, -0.05) is 12.5 Å². The van der Waals surface area contributed by atoms with Crippen LogP contribution in [0, 0.1) is 21.8 Å². The predicted molar refractivity (Wildman–Crippen MR) is 69.5 cm³/mol. The minimum atomic E-state index is -0.835. The Hall–Kier alpha value is -1.69. The van der Waals surface area contributed by atoms with Gasteiger partial charge in [-0.25, -0.2) is 0 Å². The molecule has 2 atom stereocenters. The van der Waals surface area contributed by atoms with Crippen molar-refractivity contribution in [3.63, 3.8) is 0 Å². The molecule has 2 N–H and O–H groups in total. The highest BCUT2D eigenvalue weighted by Gasteiger charge is 2.23. The number of nitro groups is 1. The molecule has 0 radical (unpaired) electrons. The summed E-state index contributed by atoms with van der Waals surface area (Å²) in [6.07, 6.45) is 3.15. The fourth-order valence-corrected chi connectivity index (χ4v) is 2.55. The van der Waals surface area contributed by atoms with E-state index in [0.29, 0.717) is 13.0 Å². The highest BCUT2D eigenvalue weighted by atomic mass is 19.1. The molecular formula is C13H17FN2O3. The molecule has 0 aromatic heterocycles. The highest BCUT2D eigenvalue weighted by molar-refractivity contribution is 5.61. The van der Waals surface area contributed by atoms with Crippen molar-refractivity contribution in [1.29, 1.82) is 0 Å². The Balaban J connectivity index is 2.03. The molecule has 2 unspecified atom stereocenters. The van der Waals surface area contributed by atoms with E-state index >= 15 is 0 Å². The Morgan fingerprint density at radius 3 is 2.95 bits per heavy atom. The van der Waals surface area contributed by atoms with Crippen LogP contribution in [0.3, 0.4) is 0 Å². The van der Waals surface area contributed by atoms with Gasteiger partial charge in [0.05, 0.1) is 11.0 Å². The van der Waals surface area contributed by atoms with E-state index in [1.807, 2.05) is 0 Å². The van der Waals surface area contributed by atoms with Gasteiger partial charge in [0, 0.05) is 6.54 Å². The van der Waals surface area contributed by atoms with Crippen LogP contribution in [0.25, 0.3) is 0 Å². The Kier molecular flexibility index (Phi) is 4.31. The number of hydrogen-bond acceptors (Lipinski definition) is 4. The van der Waals surface area contributed by atoms with Gasteiger partial charge in [0.15, 0.2) is 0 Å². The zero-order chi connectivity index (χ0) is 13.8. The van der Waals surface area contributed by atoms with Crippen molar-refractivity contribution in [3.05, 3.63) is 34.1 Å². The summed E-state index contributed by atoms with van der Waals surface area (Å²) in [7, 11) is 0. The second kappa shape index (κ2) is 5.97. The number of nitrogens with zero attached hydrogens (tertiary/aromatic N) is 1. The third kappa shape index (κ3) is 3.41. The molecule has 1 aromatic carbocycles. The van der Waals surface area contributed by atoms with Crippen molar-refractivity contribution in [2.24, 2.45) is 5.92 Å². The van der Waals surface area contributed by atoms with E-state index in [1.54, 1.807) is 0 Å². The van der Waals surface area contributed by atoms with Gasteiger partial charge in [-0.05, 0) is 37.3 Å². The second-order valence-electron chi connectivity index (χ2n) is 4.96. The number of benzene rings is 1. The molecule has 6 heteroatoms. The number of nitrogens with one attached hydrogen (secondary N) is 1. The van der Waals surface area contributed by atoms with Gasteiger partial charge in [-0.15, -0.1) is 0 Å². The van der Waals surface area contributed by atoms with E-state index in [0.717, 1.165) is 25.3 Å².